The second kappa shape index (κ2) is 4.27. The molecule has 0 saturated carbocycles. The molecule has 1 heterocycles. The molecule has 1 rings (SSSR count). The Morgan fingerprint density at radius 2 is 1.88 bits per heavy atom. The van der Waals surface area contributed by atoms with Gasteiger partial charge in [-0.15, -0.1) is 0 Å². The van der Waals surface area contributed by atoms with Crippen molar-refractivity contribution < 1.29 is 8.42 Å². The Bertz CT molecular complexity index is 341. The minimum Gasteiger partial charge on any atom is -0.309 e. The summed E-state index contributed by atoms with van der Waals surface area (Å²) in [7, 11) is -3.12. The lowest BCUT2D eigenvalue weighted by molar-refractivity contribution is 0.231. The van der Waals surface area contributed by atoms with Crippen LogP contribution in [0.1, 0.15) is 34.6 Å². The van der Waals surface area contributed by atoms with Crippen molar-refractivity contribution in [2.75, 3.05) is 25.4 Å². The zero-order chi connectivity index (χ0) is 12.6. The molecule has 0 amide bonds. The van der Waals surface area contributed by atoms with Gasteiger partial charge in [0.25, 0.3) is 0 Å². The maximum absolute atomic E-state index is 12.2. The highest BCUT2D eigenvalue weighted by molar-refractivity contribution is 7.89. The Balaban J connectivity index is 2.77. The van der Waals surface area contributed by atoms with Gasteiger partial charge in [-0.2, -0.15) is 4.31 Å². The van der Waals surface area contributed by atoms with E-state index < -0.39 is 10.0 Å². The molecule has 0 spiro atoms. The van der Waals surface area contributed by atoms with Crippen LogP contribution in [0.2, 0.25) is 0 Å². The maximum atomic E-state index is 12.2. The molecule has 0 atom stereocenters. The molecule has 0 bridgehead atoms. The van der Waals surface area contributed by atoms with Crippen molar-refractivity contribution in [1.82, 2.24) is 9.62 Å². The van der Waals surface area contributed by atoms with Gasteiger partial charge in [-0.1, -0.05) is 20.8 Å². The zero-order valence-electron chi connectivity index (χ0n) is 11.0. The van der Waals surface area contributed by atoms with Crippen LogP contribution < -0.4 is 5.32 Å². The lowest BCUT2D eigenvalue weighted by Gasteiger charge is -2.39. The van der Waals surface area contributed by atoms with Gasteiger partial charge in [0.15, 0.2) is 0 Å². The third kappa shape index (κ3) is 4.03. The summed E-state index contributed by atoms with van der Waals surface area (Å²) in [5.41, 5.74) is -0.308. The smallest absolute Gasteiger partial charge is 0.214 e. The average Bonchev–Trinajstić information content (AvgIpc) is 1.97. The van der Waals surface area contributed by atoms with Crippen molar-refractivity contribution in [3.8, 4) is 0 Å². The molecule has 0 radical (unpaired) electrons. The molecule has 1 fully saturated rings. The zero-order valence-corrected chi connectivity index (χ0v) is 11.8. The quantitative estimate of drug-likeness (QED) is 0.794. The molecule has 1 N–H and O–H groups in total. The number of piperazine rings is 1. The first-order valence-corrected chi connectivity index (χ1v) is 7.36. The number of hydrogen-bond acceptors (Lipinski definition) is 3. The summed E-state index contributed by atoms with van der Waals surface area (Å²) in [6.45, 7) is 11.8. The van der Waals surface area contributed by atoms with Crippen LogP contribution in [0.3, 0.4) is 0 Å². The Hall–Kier alpha value is -0.130. The van der Waals surface area contributed by atoms with Gasteiger partial charge in [-0.05, 0) is 19.3 Å². The number of sulfonamides is 1. The monoisotopic (exact) mass is 248 g/mol. The van der Waals surface area contributed by atoms with Crippen molar-refractivity contribution in [3.05, 3.63) is 0 Å². The predicted molar refractivity (Wildman–Crippen MR) is 66.9 cm³/mol. The van der Waals surface area contributed by atoms with E-state index in [2.05, 4.69) is 5.32 Å². The number of nitrogens with one attached hydrogen (secondary N) is 1. The van der Waals surface area contributed by atoms with Crippen LogP contribution in [-0.2, 0) is 10.0 Å². The van der Waals surface area contributed by atoms with Crippen molar-refractivity contribution >= 4 is 10.0 Å². The fraction of sp³-hybridized carbons (Fsp3) is 1.00. The van der Waals surface area contributed by atoms with Crippen LogP contribution in [0.15, 0.2) is 0 Å². The Morgan fingerprint density at radius 1 is 1.31 bits per heavy atom. The molecular formula is C11H24N2O2S. The van der Waals surface area contributed by atoms with E-state index in [9.17, 15) is 8.42 Å². The van der Waals surface area contributed by atoms with Crippen LogP contribution in [-0.4, -0.2) is 43.6 Å². The predicted octanol–water partition coefficient (Wildman–Crippen LogP) is 1.05. The summed E-state index contributed by atoms with van der Waals surface area (Å²) in [6.07, 6.45) is 0. The van der Waals surface area contributed by atoms with Crippen LogP contribution in [0, 0.1) is 5.41 Å². The fourth-order valence-corrected chi connectivity index (χ4v) is 4.14. The first kappa shape index (κ1) is 13.9. The minimum atomic E-state index is -3.12. The highest BCUT2D eigenvalue weighted by Gasteiger charge is 2.34. The number of hydrogen-bond donors (Lipinski definition) is 1. The second-order valence-electron chi connectivity index (χ2n) is 6.46. The van der Waals surface area contributed by atoms with Crippen molar-refractivity contribution in [2.45, 2.75) is 40.2 Å². The Kier molecular flexibility index (Phi) is 3.72. The van der Waals surface area contributed by atoms with Gasteiger partial charge in [0.05, 0.1) is 5.75 Å². The lowest BCUT2D eigenvalue weighted by Crippen LogP contribution is -2.59. The molecule has 96 valence electrons. The van der Waals surface area contributed by atoms with Crippen molar-refractivity contribution in [1.29, 1.82) is 0 Å². The molecule has 16 heavy (non-hydrogen) atoms. The summed E-state index contributed by atoms with van der Waals surface area (Å²) in [6, 6.07) is 0. The highest BCUT2D eigenvalue weighted by Crippen LogP contribution is 2.21. The number of nitrogens with zero attached hydrogens (tertiary/aromatic N) is 1. The van der Waals surface area contributed by atoms with Crippen LogP contribution in [0.5, 0.6) is 0 Å². The van der Waals surface area contributed by atoms with Gasteiger partial charge >= 0.3 is 0 Å². The van der Waals surface area contributed by atoms with Gasteiger partial charge in [-0.25, -0.2) is 8.42 Å². The third-order valence-electron chi connectivity index (χ3n) is 2.55. The van der Waals surface area contributed by atoms with E-state index in [0.29, 0.717) is 13.1 Å². The maximum Gasteiger partial charge on any atom is 0.214 e. The van der Waals surface area contributed by atoms with Crippen LogP contribution in [0.25, 0.3) is 0 Å². The minimum absolute atomic E-state index is 0.122. The third-order valence-corrected chi connectivity index (χ3v) is 4.87. The standard InChI is InChI=1S/C11H24N2O2S/c1-10(2,3)9-16(14,15)13-7-6-12-11(4,5)8-13/h12H,6-9H2,1-5H3. The molecule has 0 aromatic rings. The molecular weight excluding hydrogens is 224 g/mol. The van der Waals surface area contributed by atoms with E-state index >= 15 is 0 Å². The van der Waals surface area contributed by atoms with E-state index in [-0.39, 0.29) is 16.7 Å². The Labute approximate surface area is 99.5 Å². The molecule has 5 heteroatoms. The largest absolute Gasteiger partial charge is 0.309 e. The molecule has 0 unspecified atom stereocenters. The second-order valence-corrected chi connectivity index (χ2v) is 8.43. The molecule has 4 nitrogen and oxygen atoms in total. The van der Waals surface area contributed by atoms with Gasteiger partial charge in [0, 0.05) is 25.2 Å². The van der Waals surface area contributed by atoms with Crippen LogP contribution >= 0.6 is 0 Å². The first-order valence-electron chi connectivity index (χ1n) is 5.75. The van der Waals surface area contributed by atoms with Gasteiger partial charge in [0.2, 0.25) is 10.0 Å². The summed E-state index contributed by atoms with van der Waals surface area (Å²) in [4.78, 5) is 0. The molecule has 0 aliphatic carbocycles. The lowest BCUT2D eigenvalue weighted by atomic mass is 10.0. The fourth-order valence-electron chi connectivity index (χ4n) is 1.97. The highest BCUT2D eigenvalue weighted by atomic mass is 32.2. The van der Waals surface area contributed by atoms with E-state index in [4.69, 9.17) is 0 Å². The normalized spacial score (nSPS) is 23.3. The van der Waals surface area contributed by atoms with Gasteiger partial charge < -0.3 is 5.32 Å². The summed E-state index contributed by atoms with van der Waals surface area (Å²) >= 11 is 0. The Morgan fingerprint density at radius 3 is 2.31 bits per heavy atom. The summed E-state index contributed by atoms with van der Waals surface area (Å²) in [5, 5.41) is 3.32. The molecule has 1 aliphatic rings. The summed E-state index contributed by atoms with van der Waals surface area (Å²) in [5.74, 6) is 0.218. The topological polar surface area (TPSA) is 49.4 Å². The SMILES string of the molecule is CC(C)(C)CS(=O)(=O)N1CCNC(C)(C)C1. The molecule has 1 saturated heterocycles. The summed E-state index contributed by atoms with van der Waals surface area (Å²) < 4.78 is 26.0. The molecule has 0 aromatic heterocycles. The molecule has 1 aliphatic heterocycles. The van der Waals surface area contributed by atoms with Crippen LogP contribution in [0.4, 0.5) is 0 Å². The average molecular weight is 248 g/mol. The number of rotatable bonds is 2. The van der Waals surface area contributed by atoms with Crippen molar-refractivity contribution in [3.63, 3.8) is 0 Å². The van der Waals surface area contributed by atoms with E-state index in [0.717, 1.165) is 6.54 Å². The van der Waals surface area contributed by atoms with E-state index in [1.807, 2.05) is 34.6 Å². The van der Waals surface area contributed by atoms with E-state index in [1.54, 1.807) is 4.31 Å². The van der Waals surface area contributed by atoms with Crippen molar-refractivity contribution in [2.24, 2.45) is 5.41 Å². The van der Waals surface area contributed by atoms with E-state index in [1.165, 1.54) is 0 Å². The van der Waals surface area contributed by atoms with Gasteiger partial charge in [-0.3, -0.25) is 0 Å². The molecule has 0 aromatic carbocycles. The first-order chi connectivity index (χ1) is 7.02. The van der Waals surface area contributed by atoms with Gasteiger partial charge in [0.1, 0.15) is 0 Å².